The minimum Gasteiger partial charge on any atom is -0.364 e. The van der Waals surface area contributed by atoms with Crippen molar-refractivity contribution in [2.75, 3.05) is 6.54 Å². The van der Waals surface area contributed by atoms with Crippen LogP contribution in [0, 0.1) is 10.1 Å². The van der Waals surface area contributed by atoms with Gasteiger partial charge in [-0.25, -0.2) is 0 Å². The second-order valence-corrected chi connectivity index (χ2v) is 4.12. The van der Waals surface area contributed by atoms with Crippen molar-refractivity contribution >= 4 is 11.6 Å². The summed E-state index contributed by atoms with van der Waals surface area (Å²) in [5.74, 6) is -0.339. The van der Waals surface area contributed by atoms with Crippen LogP contribution in [-0.2, 0) is 0 Å². The van der Waals surface area contributed by atoms with E-state index in [9.17, 15) is 10.1 Å². The number of halogens is 1. The molecule has 1 aromatic carbocycles. The van der Waals surface area contributed by atoms with Gasteiger partial charge in [-0.1, -0.05) is 29.8 Å². The fourth-order valence-electron chi connectivity index (χ4n) is 1.83. The van der Waals surface area contributed by atoms with E-state index in [-0.39, 0.29) is 17.4 Å². The second-order valence-electron chi connectivity index (χ2n) is 3.71. The Kier molecular flexibility index (Phi) is 3.44. The van der Waals surface area contributed by atoms with Crippen molar-refractivity contribution in [3.05, 3.63) is 69.0 Å². The number of hydrogen-bond donors (Lipinski definition) is 1. The average Bonchev–Trinajstić information content (AvgIpc) is 2.80. The summed E-state index contributed by atoms with van der Waals surface area (Å²) in [7, 11) is 0. The van der Waals surface area contributed by atoms with Crippen molar-refractivity contribution in [3.8, 4) is 0 Å². The quantitative estimate of drug-likeness (QED) is 0.670. The Labute approximate surface area is 103 Å². The van der Waals surface area contributed by atoms with Gasteiger partial charge >= 0.3 is 0 Å². The van der Waals surface area contributed by atoms with Crippen LogP contribution in [-0.4, -0.2) is 16.5 Å². The lowest BCUT2D eigenvalue weighted by Gasteiger charge is -2.13. The molecule has 1 atom stereocenters. The van der Waals surface area contributed by atoms with Gasteiger partial charge in [-0.15, -0.1) is 0 Å². The van der Waals surface area contributed by atoms with Gasteiger partial charge in [0.05, 0.1) is 5.92 Å². The molecule has 0 bridgehead atoms. The normalized spacial score (nSPS) is 12.3. The Bertz CT molecular complexity index is 511. The van der Waals surface area contributed by atoms with Crippen LogP contribution in [0.4, 0.5) is 0 Å². The Hall–Kier alpha value is -1.81. The van der Waals surface area contributed by atoms with E-state index in [0.29, 0.717) is 5.02 Å². The highest BCUT2D eigenvalue weighted by Crippen LogP contribution is 2.29. The minimum atomic E-state index is -0.339. The fraction of sp³-hybridized carbons (Fsp3) is 0.167. The molecule has 88 valence electrons. The summed E-state index contributed by atoms with van der Waals surface area (Å²) < 4.78 is 0. The molecule has 0 fully saturated rings. The molecular weight excluding hydrogens is 240 g/mol. The van der Waals surface area contributed by atoms with Crippen LogP contribution in [0.25, 0.3) is 0 Å². The number of rotatable bonds is 4. The van der Waals surface area contributed by atoms with Gasteiger partial charge in [0.1, 0.15) is 0 Å². The highest BCUT2D eigenvalue weighted by Gasteiger charge is 2.22. The molecule has 0 spiro atoms. The molecule has 1 heterocycles. The summed E-state index contributed by atoms with van der Waals surface area (Å²) in [6.45, 7) is -0.176. The third kappa shape index (κ3) is 2.65. The molecule has 1 N–H and O–H groups in total. The number of nitrogens with one attached hydrogen (secondary N) is 1. The zero-order valence-corrected chi connectivity index (χ0v) is 9.72. The van der Waals surface area contributed by atoms with Crippen LogP contribution < -0.4 is 0 Å². The summed E-state index contributed by atoms with van der Waals surface area (Å²) >= 11 is 6.08. The number of nitrogens with zero attached hydrogens (tertiary/aromatic N) is 1. The zero-order valence-electron chi connectivity index (χ0n) is 8.97. The molecule has 0 aliphatic carbocycles. The molecule has 1 aromatic heterocycles. The van der Waals surface area contributed by atoms with Crippen molar-refractivity contribution in [1.29, 1.82) is 0 Å². The maximum atomic E-state index is 10.7. The van der Waals surface area contributed by atoms with E-state index in [4.69, 9.17) is 11.6 Å². The molecule has 0 radical (unpaired) electrons. The van der Waals surface area contributed by atoms with E-state index in [1.165, 1.54) is 0 Å². The van der Waals surface area contributed by atoms with E-state index < -0.39 is 0 Å². The maximum absolute atomic E-state index is 10.7. The number of H-pyrrole nitrogens is 1. The summed E-state index contributed by atoms with van der Waals surface area (Å²) in [5, 5.41) is 11.3. The van der Waals surface area contributed by atoms with Crippen LogP contribution in [0.3, 0.4) is 0 Å². The lowest BCUT2D eigenvalue weighted by molar-refractivity contribution is -0.481. The molecule has 2 rings (SSSR count). The van der Waals surface area contributed by atoms with Gasteiger partial charge in [0.15, 0.2) is 0 Å². The van der Waals surface area contributed by atoms with Crippen LogP contribution in [0.15, 0.2) is 42.6 Å². The summed E-state index contributed by atoms with van der Waals surface area (Å²) in [4.78, 5) is 13.4. The third-order valence-electron chi connectivity index (χ3n) is 2.61. The van der Waals surface area contributed by atoms with E-state index in [1.54, 1.807) is 12.3 Å². The third-order valence-corrected chi connectivity index (χ3v) is 2.95. The van der Waals surface area contributed by atoms with Crippen LogP contribution in [0.2, 0.25) is 5.02 Å². The molecule has 2 aromatic rings. The van der Waals surface area contributed by atoms with E-state index in [2.05, 4.69) is 4.98 Å². The Balaban J connectivity index is 2.41. The van der Waals surface area contributed by atoms with Crippen LogP contribution in [0.5, 0.6) is 0 Å². The van der Waals surface area contributed by atoms with E-state index >= 15 is 0 Å². The smallest absolute Gasteiger partial charge is 0.216 e. The summed E-state index contributed by atoms with van der Waals surface area (Å²) in [6.07, 6.45) is 1.75. The average molecular weight is 251 g/mol. The van der Waals surface area contributed by atoms with Crippen molar-refractivity contribution in [2.45, 2.75) is 5.92 Å². The lowest BCUT2D eigenvalue weighted by atomic mass is 9.96. The van der Waals surface area contributed by atoms with Gasteiger partial charge in [0.25, 0.3) is 0 Å². The van der Waals surface area contributed by atoms with Crippen LogP contribution in [0.1, 0.15) is 17.2 Å². The summed E-state index contributed by atoms with van der Waals surface area (Å²) in [5.41, 5.74) is 1.57. The monoisotopic (exact) mass is 250 g/mol. The first-order valence-electron chi connectivity index (χ1n) is 5.18. The molecule has 0 aliphatic heterocycles. The standard InChI is InChI=1S/C12H11ClN2O2/c13-11-5-2-1-4-9(11)10(8-15(16)17)12-6-3-7-14-12/h1-7,10,14H,8H2. The minimum absolute atomic E-state index is 0.176. The van der Waals surface area contributed by atoms with Crippen LogP contribution >= 0.6 is 11.6 Å². The van der Waals surface area contributed by atoms with Crippen molar-refractivity contribution in [3.63, 3.8) is 0 Å². The fourth-order valence-corrected chi connectivity index (χ4v) is 2.10. The van der Waals surface area contributed by atoms with E-state index in [1.807, 2.05) is 30.3 Å². The van der Waals surface area contributed by atoms with Gasteiger partial charge in [0.2, 0.25) is 6.54 Å². The molecule has 1 unspecified atom stereocenters. The van der Waals surface area contributed by atoms with Gasteiger partial charge in [-0.2, -0.15) is 0 Å². The Morgan fingerprint density at radius 1 is 1.29 bits per heavy atom. The largest absolute Gasteiger partial charge is 0.364 e. The van der Waals surface area contributed by atoms with Crippen molar-refractivity contribution in [1.82, 2.24) is 4.98 Å². The molecule has 0 aliphatic rings. The highest BCUT2D eigenvalue weighted by atomic mass is 35.5. The van der Waals surface area contributed by atoms with Gasteiger partial charge < -0.3 is 4.98 Å². The molecule has 0 saturated carbocycles. The number of hydrogen-bond acceptors (Lipinski definition) is 2. The zero-order chi connectivity index (χ0) is 12.3. The van der Waals surface area contributed by atoms with Gasteiger partial charge in [-0.05, 0) is 23.8 Å². The molecule has 17 heavy (non-hydrogen) atoms. The molecule has 0 saturated heterocycles. The first kappa shape index (κ1) is 11.7. The highest BCUT2D eigenvalue weighted by molar-refractivity contribution is 6.31. The Morgan fingerprint density at radius 3 is 2.65 bits per heavy atom. The number of aromatic amines is 1. The first-order valence-corrected chi connectivity index (χ1v) is 5.56. The lowest BCUT2D eigenvalue weighted by Crippen LogP contribution is -2.14. The first-order chi connectivity index (χ1) is 8.18. The molecule has 0 amide bonds. The van der Waals surface area contributed by atoms with Crippen molar-refractivity contribution < 1.29 is 4.92 Å². The predicted octanol–water partition coefficient (Wildman–Crippen LogP) is 3.08. The van der Waals surface area contributed by atoms with Gasteiger partial charge in [0, 0.05) is 21.8 Å². The number of benzene rings is 1. The number of nitro groups is 1. The maximum Gasteiger partial charge on any atom is 0.216 e. The molecular formula is C12H11ClN2O2. The summed E-state index contributed by atoms with van der Waals surface area (Å²) in [6, 6.07) is 10.8. The molecule has 4 nitrogen and oxygen atoms in total. The Morgan fingerprint density at radius 2 is 2.06 bits per heavy atom. The SMILES string of the molecule is O=[N+]([O-])CC(c1ccc[nH]1)c1ccccc1Cl. The number of aromatic nitrogens is 1. The topological polar surface area (TPSA) is 58.9 Å². The van der Waals surface area contributed by atoms with E-state index in [0.717, 1.165) is 11.3 Å². The second kappa shape index (κ2) is 5.01. The predicted molar refractivity (Wildman–Crippen MR) is 65.9 cm³/mol. The van der Waals surface area contributed by atoms with Crippen molar-refractivity contribution in [2.24, 2.45) is 0 Å². The molecule has 5 heteroatoms. The van der Waals surface area contributed by atoms with Gasteiger partial charge in [-0.3, -0.25) is 10.1 Å².